The molecule has 3 heteroatoms. The zero-order valence-electron chi connectivity index (χ0n) is 11.5. The van der Waals surface area contributed by atoms with Crippen LogP contribution in [0.2, 0.25) is 10.0 Å². The highest BCUT2D eigenvalue weighted by Gasteiger charge is 2.06. The van der Waals surface area contributed by atoms with Crippen LogP contribution in [0.25, 0.3) is 0 Å². The van der Waals surface area contributed by atoms with Gasteiger partial charge in [0.2, 0.25) is 0 Å². The predicted octanol–water partition coefficient (Wildman–Crippen LogP) is 5.09. The van der Waals surface area contributed by atoms with Gasteiger partial charge in [0.25, 0.3) is 0 Å². The van der Waals surface area contributed by atoms with E-state index in [1.165, 1.54) is 24.8 Å². The van der Waals surface area contributed by atoms with Gasteiger partial charge in [-0.25, -0.2) is 0 Å². The fourth-order valence-corrected chi connectivity index (χ4v) is 2.11. The quantitative estimate of drug-likeness (QED) is 0.718. The average Bonchev–Trinajstić information content (AvgIpc) is 2.26. The van der Waals surface area contributed by atoms with E-state index in [-0.39, 0.29) is 5.54 Å². The molecule has 0 heterocycles. The zero-order valence-corrected chi connectivity index (χ0v) is 13.0. The van der Waals surface area contributed by atoms with E-state index in [1.807, 2.05) is 12.1 Å². The van der Waals surface area contributed by atoms with E-state index in [0.29, 0.717) is 10.0 Å². The second kappa shape index (κ2) is 7.37. The zero-order chi connectivity index (χ0) is 13.6. The van der Waals surface area contributed by atoms with Crippen LogP contribution in [0, 0.1) is 0 Å². The van der Waals surface area contributed by atoms with Crippen LogP contribution < -0.4 is 5.32 Å². The van der Waals surface area contributed by atoms with Gasteiger partial charge in [0, 0.05) is 5.54 Å². The van der Waals surface area contributed by atoms with E-state index in [4.69, 9.17) is 23.2 Å². The van der Waals surface area contributed by atoms with Crippen LogP contribution in [0.15, 0.2) is 18.2 Å². The Hall–Kier alpha value is -0.240. The third kappa shape index (κ3) is 6.63. The van der Waals surface area contributed by atoms with E-state index in [9.17, 15) is 0 Å². The SMILES string of the molecule is CC(C)(C)NCCCCCc1ccc(Cl)c(Cl)c1. The molecule has 0 aliphatic carbocycles. The van der Waals surface area contributed by atoms with Crippen molar-refractivity contribution in [2.75, 3.05) is 6.54 Å². The first-order valence-electron chi connectivity index (χ1n) is 6.57. The molecule has 0 radical (unpaired) electrons. The molecule has 0 atom stereocenters. The lowest BCUT2D eigenvalue weighted by molar-refractivity contribution is 0.417. The number of nitrogens with one attached hydrogen (secondary N) is 1. The smallest absolute Gasteiger partial charge is 0.0595 e. The molecule has 1 N–H and O–H groups in total. The summed E-state index contributed by atoms with van der Waals surface area (Å²) in [4.78, 5) is 0. The van der Waals surface area contributed by atoms with Crippen molar-refractivity contribution in [1.29, 1.82) is 0 Å². The second-order valence-corrected chi connectivity index (χ2v) is 6.55. The van der Waals surface area contributed by atoms with Gasteiger partial charge in [-0.3, -0.25) is 0 Å². The molecular formula is C15H23Cl2N. The molecule has 1 rings (SSSR count). The maximum absolute atomic E-state index is 5.98. The van der Waals surface area contributed by atoms with Crippen LogP contribution in [-0.4, -0.2) is 12.1 Å². The molecule has 1 aromatic carbocycles. The van der Waals surface area contributed by atoms with Crippen molar-refractivity contribution in [2.45, 2.75) is 52.0 Å². The van der Waals surface area contributed by atoms with Crippen LogP contribution in [0.3, 0.4) is 0 Å². The van der Waals surface area contributed by atoms with E-state index in [1.54, 1.807) is 0 Å². The first-order valence-corrected chi connectivity index (χ1v) is 7.33. The monoisotopic (exact) mass is 287 g/mol. The lowest BCUT2D eigenvalue weighted by atomic mass is 10.1. The van der Waals surface area contributed by atoms with Crippen molar-refractivity contribution in [1.82, 2.24) is 5.32 Å². The maximum Gasteiger partial charge on any atom is 0.0595 e. The Bertz CT molecular complexity index is 369. The summed E-state index contributed by atoms with van der Waals surface area (Å²) in [5, 5.41) is 4.79. The van der Waals surface area contributed by atoms with E-state index in [2.05, 4.69) is 32.2 Å². The van der Waals surface area contributed by atoms with Crippen LogP contribution in [0.1, 0.15) is 45.6 Å². The molecule has 0 spiro atoms. The topological polar surface area (TPSA) is 12.0 Å². The molecule has 18 heavy (non-hydrogen) atoms. The van der Waals surface area contributed by atoms with Crippen molar-refractivity contribution < 1.29 is 0 Å². The maximum atomic E-state index is 5.98. The third-order valence-electron chi connectivity index (χ3n) is 2.78. The molecule has 0 bridgehead atoms. The van der Waals surface area contributed by atoms with Gasteiger partial charge in [0.05, 0.1) is 10.0 Å². The van der Waals surface area contributed by atoms with E-state index >= 15 is 0 Å². The minimum absolute atomic E-state index is 0.226. The number of unbranched alkanes of at least 4 members (excludes halogenated alkanes) is 2. The standard InChI is InChI=1S/C15H23Cl2N/c1-15(2,3)18-10-6-4-5-7-12-8-9-13(16)14(17)11-12/h8-9,11,18H,4-7,10H2,1-3H3. The Labute approximate surface area is 121 Å². The highest BCUT2D eigenvalue weighted by Crippen LogP contribution is 2.23. The Kier molecular flexibility index (Phi) is 6.48. The minimum atomic E-state index is 0.226. The lowest BCUT2D eigenvalue weighted by Gasteiger charge is -2.20. The Morgan fingerprint density at radius 1 is 1.00 bits per heavy atom. The molecule has 0 aromatic heterocycles. The van der Waals surface area contributed by atoms with Crippen LogP contribution in [0.4, 0.5) is 0 Å². The summed E-state index contributed by atoms with van der Waals surface area (Å²) in [6.07, 6.45) is 4.73. The summed E-state index contributed by atoms with van der Waals surface area (Å²) >= 11 is 11.9. The van der Waals surface area contributed by atoms with Gasteiger partial charge in [-0.15, -0.1) is 0 Å². The number of aryl methyl sites for hydroxylation is 1. The van der Waals surface area contributed by atoms with Gasteiger partial charge < -0.3 is 5.32 Å². The van der Waals surface area contributed by atoms with E-state index in [0.717, 1.165) is 13.0 Å². The fourth-order valence-electron chi connectivity index (χ4n) is 1.79. The molecule has 1 nitrogen and oxygen atoms in total. The van der Waals surface area contributed by atoms with Crippen molar-refractivity contribution in [2.24, 2.45) is 0 Å². The van der Waals surface area contributed by atoms with Gasteiger partial charge in [-0.2, -0.15) is 0 Å². The summed E-state index contributed by atoms with van der Waals surface area (Å²) < 4.78 is 0. The van der Waals surface area contributed by atoms with Crippen molar-refractivity contribution in [3.63, 3.8) is 0 Å². The molecule has 0 saturated heterocycles. The van der Waals surface area contributed by atoms with Gasteiger partial charge in [-0.05, 0) is 64.3 Å². The Morgan fingerprint density at radius 2 is 1.72 bits per heavy atom. The van der Waals surface area contributed by atoms with Crippen molar-refractivity contribution >= 4 is 23.2 Å². The first-order chi connectivity index (χ1) is 8.38. The third-order valence-corrected chi connectivity index (χ3v) is 3.52. The molecule has 0 aliphatic rings. The first kappa shape index (κ1) is 15.8. The van der Waals surface area contributed by atoms with Crippen LogP contribution >= 0.6 is 23.2 Å². The summed E-state index contributed by atoms with van der Waals surface area (Å²) in [5.41, 5.74) is 1.50. The van der Waals surface area contributed by atoms with Crippen LogP contribution in [-0.2, 0) is 6.42 Å². The summed E-state index contributed by atoms with van der Waals surface area (Å²) in [6, 6.07) is 5.90. The number of hydrogen-bond donors (Lipinski definition) is 1. The van der Waals surface area contributed by atoms with Crippen molar-refractivity contribution in [3.05, 3.63) is 33.8 Å². The molecule has 0 aliphatic heterocycles. The average molecular weight is 288 g/mol. The van der Waals surface area contributed by atoms with Gasteiger partial charge in [0.1, 0.15) is 0 Å². The number of hydrogen-bond acceptors (Lipinski definition) is 1. The number of halogens is 2. The second-order valence-electron chi connectivity index (χ2n) is 5.74. The molecule has 1 aromatic rings. The van der Waals surface area contributed by atoms with Gasteiger partial charge in [-0.1, -0.05) is 35.7 Å². The van der Waals surface area contributed by atoms with Crippen LogP contribution in [0.5, 0.6) is 0 Å². The lowest BCUT2D eigenvalue weighted by Crippen LogP contribution is -2.36. The van der Waals surface area contributed by atoms with Gasteiger partial charge >= 0.3 is 0 Å². The molecule has 0 amide bonds. The minimum Gasteiger partial charge on any atom is -0.312 e. The molecule has 0 unspecified atom stereocenters. The van der Waals surface area contributed by atoms with E-state index < -0.39 is 0 Å². The number of benzene rings is 1. The van der Waals surface area contributed by atoms with Gasteiger partial charge in [0.15, 0.2) is 0 Å². The molecule has 0 fully saturated rings. The summed E-state index contributed by atoms with van der Waals surface area (Å²) in [7, 11) is 0. The fraction of sp³-hybridized carbons (Fsp3) is 0.600. The molecule has 102 valence electrons. The molecular weight excluding hydrogens is 265 g/mol. The Morgan fingerprint density at radius 3 is 2.33 bits per heavy atom. The summed E-state index contributed by atoms with van der Waals surface area (Å²) in [6.45, 7) is 7.68. The summed E-state index contributed by atoms with van der Waals surface area (Å²) in [5.74, 6) is 0. The normalized spacial score (nSPS) is 11.8. The highest BCUT2D eigenvalue weighted by molar-refractivity contribution is 6.42. The molecule has 0 saturated carbocycles. The predicted molar refractivity (Wildman–Crippen MR) is 81.8 cm³/mol. The highest BCUT2D eigenvalue weighted by atomic mass is 35.5. The Balaban J connectivity index is 2.16. The number of rotatable bonds is 6. The van der Waals surface area contributed by atoms with Crippen molar-refractivity contribution in [3.8, 4) is 0 Å². The largest absolute Gasteiger partial charge is 0.312 e.